The van der Waals surface area contributed by atoms with Gasteiger partial charge < -0.3 is 20.1 Å². The molecule has 1 aromatic carbocycles. The van der Waals surface area contributed by atoms with Gasteiger partial charge in [0, 0.05) is 39.5 Å². The predicted molar refractivity (Wildman–Crippen MR) is 116 cm³/mol. The first kappa shape index (κ1) is 24.1. The second-order valence-corrected chi connectivity index (χ2v) is 5.48. The smallest absolute Gasteiger partial charge is 0.191 e. The summed E-state index contributed by atoms with van der Waals surface area (Å²) in [5.41, 5.74) is 1.23. The quantitative estimate of drug-likeness (QED) is 0.203. The SMILES string of the molecule is CCNC(=NCCCOCC)NCCCCOCc1ccccc1.I. The van der Waals surface area contributed by atoms with Crippen LogP contribution in [-0.2, 0) is 16.1 Å². The Bertz CT molecular complexity index is 430. The highest BCUT2D eigenvalue weighted by atomic mass is 127. The minimum absolute atomic E-state index is 0. The van der Waals surface area contributed by atoms with E-state index in [0.29, 0.717) is 6.61 Å². The van der Waals surface area contributed by atoms with Crippen molar-refractivity contribution in [3.63, 3.8) is 0 Å². The van der Waals surface area contributed by atoms with E-state index in [1.807, 2.05) is 25.1 Å². The fourth-order valence-corrected chi connectivity index (χ4v) is 2.14. The average molecular weight is 463 g/mol. The molecule has 5 nitrogen and oxygen atoms in total. The lowest BCUT2D eigenvalue weighted by Crippen LogP contribution is -2.38. The van der Waals surface area contributed by atoms with E-state index in [2.05, 4.69) is 34.7 Å². The zero-order valence-corrected chi connectivity index (χ0v) is 18.0. The number of unbranched alkanes of at least 4 members (excludes halogenated alkanes) is 1. The number of nitrogens with zero attached hydrogens (tertiary/aromatic N) is 1. The average Bonchev–Trinajstić information content (AvgIpc) is 2.61. The van der Waals surface area contributed by atoms with Crippen molar-refractivity contribution in [1.29, 1.82) is 0 Å². The van der Waals surface area contributed by atoms with Crippen LogP contribution in [0.15, 0.2) is 35.3 Å². The summed E-state index contributed by atoms with van der Waals surface area (Å²) < 4.78 is 11.0. The largest absolute Gasteiger partial charge is 0.382 e. The molecule has 0 bridgehead atoms. The van der Waals surface area contributed by atoms with Crippen molar-refractivity contribution in [3.05, 3.63) is 35.9 Å². The van der Waals surface area contributed by atoms with Crippen molar-refractivity contribution in [2.45, 2.75) is 39.7 Å². The van der Waals surface area contributed by atoms with Crippen LogP contribution in [0.25, 0.3) is 0 Å². The van der Waals surface area contributed by atoms with Crippen LogP contribution in [0.1, 0.15) is 38.7 Å². The predicted octanol–water partition coefficient (Wildman–Crippen LogP) is 3.58. The maximum Gasteiger partial charge on any atom is 0.191 e. The van der Waals surface area contributed by atoms with E-state index >= 15 is 0 Å². The molecular formula is C19H34IN3O2. The van der Waals surface area contributed by atoms with Crippen molar-refractivity contribution >= 4 is 29.9 Å². The Balaban J connectivity index is 0.00000576. The van der Waals surface area contributed by atoms with E-state index in [9.17, 15) is 0 Å². The Hall–Kier alpha value is -0.860. The molecule has 1 aromatic rings. The molecule has 0 unspecified atom stereocenters. The number of ether oxygens (including phenoxy) is 2. The van der Waals surface area contributed by atoms with Crippen molar-refractivity contribution < 1.29 is 9.47 Å². The Morgan fingerprint density at radius 1 is 0.960 bits per heavy atom. The van der Waals surface area contributed by atoms with Gasteiger partial charge in [0.1, 0.15) is 0 Å². The number of hydrogen-bond acceptors (Lipinski definition) is 3. The number of aliphatic imine (C=N–C) groups is 1. The zero-order chi connectivity index (χ0) is 17.3. The number of halogens is 1. The van der Waals surface area contributed by atoms with Crippen LogP contribution in [0.3, 0.4) is 0 Å². The van der Waals surface area contributed by atoms with E-state index in [4.69, 9.17) is 9.47 Å². The lowest BCUT2D eigenvalue weighted by atomic mass is 10.2. The third-order valence-corrected chi connectivity index (χ3v) is 3.38. The van der Waals surface area contributed by atoms with Gasteiger partial charge in [-0.05, 0) is 38.7 Å². The summed E-state index contributed by atoms with van der Waals surface area (Å²) in [5, 5.41) is 6.63. The minimum atomic E-state index is 0. The van der Waals surface area contributed by atoms with E-state index in [0.717, 1.165) is 64.7 Å². The third kappa shape index (κ3) is 14.0. The number of nitrogens with one attached hydrogen (secondary N) is 2. The molecule has 0 saturated heterocycles. The van der Waals surface area contributed by atoms with Gasteiger partial charge in [-0.3, -0.25) is 4.99 Å². The topological polar surface area (TPSA) is 54.9 Å². The van der Waals surface area contributed by atoms with E-state index in [-0.39, 0.29) is 24.0 Å². The molecule has 0 aliphatic rings. The Morgan fingerprint density at radius 2 is 1.72 bits per heavy atom. The van der Waals surface area contributed by atoms with Gasteiger partial charge >= 0.3 is 0 Å². The first-order valence-electron chi connectivity index (χ1n) is 9.08. The van der Waals surface area contributed by atoms with Crippen LogP contribution in [0, 0.1) is 0 Å². The van der Waals surface area contributed by atoms with Gasteiger partial charge in [0.2, 0.25) is 0 Å². The molecule has 25 heavy (non-hydrogen) atoms. The van der Waals surface area contributed by atoms with Crippen molar-refractivity contribution in [2.24, 2.45) is 4.99 Å². The summed E-state index contributed by atoms with van der Waals surface area (Å²) in [4.78, 5) is 4.54. The van der Waals surface area contributed by atoms with E-state index in [1.165, 1.54) is 5.56 Å². The van der Waals surface area contributed by atoms with Crippen LogP contribution < -0.4 is 10.6 Å². The van der Waals surface area contributed by atoms with Gasteiger partial charge in [-0.15, -0.1) is 24.0 Å². The fraction of sp³-hybridized carbons (Fsp3) is 0.632. The summed E-state index contributed by atoms with van der Waals surface area (Å²) in [5.74, 6) is 0.888. The number of rotatable bonds is 13. The van der Waals surface area contributed by atoms with Crippen molar-refractivity contribution in [2.75, 3.05) is 39.5 Å². The number of benzene rings is 1. The third-order valence-electron chi connectivity index (χ3n) is 3.38. The Labute approximate surface area is 170 Å². The van der Waals surface area contributed by atoms with E-state index in [1.54, 1.807) is 0 Å². The number of guanidine groups is 1. The first-order chi connectivity index (χ1) is 11.9. The van der Waals surface area contributed by atoms with Gasteiger partial charge in [-0.1, -0.05) is 30.3 Å². The molecule has 1 rings (SSSR count). The zero-order valence-electron chi connectivity index (χ0n) is 15.6. The van der Waals surface area contributed by atoms with Crippen LogP contribution in [0.2, 0.25) is 0 Å². The highest BCUT2D eigenvalue weighted by Gasteiger charge is 1.97. The molecule has 0 aromatic heterocycles. The number of hydrogen-bond donors (Lipinski definition) is 2. The van der Waals surface area contributed by atoms with Gasteiger partial charge in [0.25, 0.3) is 0 Å². The molecular weight excluding hydrogens is 429 g/mol. The van der Waals surface area contributed by atoms with Crippen LogP contribution in [0.4, 0.5) is 0 Å². The lowest BCUT2D eigenvalue weighted by Gasteiger charge is -2.11. The first-order valence-corrected chi connectivity index (χ1v) is 9.08. The minimum Gasteiger partial charge on any atom is -0.382 e. The molecule has 0 atom stereocenters. The molecule has 0 aliphatic heterocycles. The highest BCUT2D eigenvalue weighted by Crippen LogP contribution is 2.01. The summed E-state index contributed by atoms with van der Waals surface area (Å²) >= 11 is 0. The van der Waals surface area contributed by atoms with Gasteiger partial charge in [0.05, 0.1) is 6.61 Å². The lowest BCUT2D eigenvalue weighted by molar-refractivity contribution is 0.117. The van der Waals surface area contributed by atoms with Gasteiger partial charge in [-0.25, -0.2) is 0 Å². The van der Waals surface area contributed by atoms with Crippen molar-refractivity contribution in [1.82, 2.24) is 10.6 Å². The molecule has 0 saturated carbocycles. The van der Waals surface area contributed by atoms with Crippen LogP contribution in [0.5, 0.6) is 0 Å². The summed E-state index contributed by atoms with van der Waals surface area (Å²) in [6, 6.07) is 10.3. The second kappa shape index (κ2) is 17.9. The van der Waals surface area contributed by atoms with Crippen LogP contribution in [-0.4, -0.2) is 45.4 Å². The Morgan fingerprint density at radius 3 is 2.44 bits per heavy atom. The monoisotopic (exact) mass is 463 g/mol. The molecule has 0 radical (unpaired) electrons. The van der Waals surface area contributed by atoms with Crippen LogP contribution >= 0.6 is 24.0 Å². The Kier molecular flexibility index (Phi) is 17.3. The normalized spacial score (nSPS) is 11.0. The molecule has 144 valence electrons. The van der Waals surface area contributed by atoms with Gasteiger partial charge in [0.15, 0.2) is 5.96 Å². The van der Waals surface area contributed by atoms with Crippen molar-refractivity contribution in [3.8, 4) is 0 Å². The van der Waals surface area contributed by atoms with Gasteiger partial charge in [-0.2, -0.15) is 0 Å². The summed E-state index contributed by atoms with van der Waals surface area (Å²) in [6.07, 6.45) is 3.07. The molecule has 0 aliphatic carbocycles. The molecule has 0 amide bonds. The fourth-order valence-electron chi connectivity index (χ4n) is 2.14. The summed E-state index contributed by atoms with van der Waals surface area (Å²) in [6.45, 7) is 9.69. The molecule has 0 heterocycles. The standard InChI is InChI=1S/C19H33N3O2.HI/c1-3-20-19(22-14-10-16-23-4-2)21-13-8-9-15-24-17-18-11-6-5-7-12-18;/h5-7,11-12H,3-4,8-10,13-17H2,1-2H3,(H2,20,21,22);1H. The molecule has 0 fully saturated rings. The maximum absolute atomic E-state index is 5.69. The highest BCUT2D eigenvalue weighted by molar-refractivity contribution is 14.0. The molecule has 0 spiro atoms. The molecule has 6 heteroatoms. The molecule has 2 N–H and O–H groups in total. The summed E-state index contributed by atoms with van der Waals surface area (Å²) in [7, 11) is 0. The maximum atomic E-state index is 5.69. The van der Waals surface area contributed by atoms with E-state index < -0.39 is 0 Å². The second-order valence-electron chi connectivity index (χ2n) is 5.48.